The monoisotopic (exact) mass is 856 g/mol. The number of aromatic nitrogens is 1. The highest BCUT2D eigenvalue weighted by Gasteiger charge is 2.66. The number of carboxylic acid groups (broad SMARTS) is 2. The zero-order valence-corrected chi connectivity index (χ0v) is 31.8. The number of hydrazine groups is 2. The first-order valence-electron chi connectivity index (χ1n) is 16.2. The SMILES string of the molecule is CC(C)(O/N=C(\C(=O)NC1C(=O)N2C[C@@](C(=O)O)(N3CCN(NC(=O)NNC(=O)NCCNC(=O)c4ccc(O)c(O)c4Cl)C3=O)S[C@H]12)c1csc(N)n1)C(=O)O. The number of aliphatic carboxylic acids is 2. The molecule has 25 nitrogen and oxygen atoms in total. The van der Waals surface area contributed by atoms with Crippen molar-refractivity contribution >= 4 is 93.3 Å². The highest BCUT2D eigenvalue weighted by molar-refractivity contribution is 8.02. The Bertz CT molecular complexity index is 2070. The number of amides is 9. The lowest BCUT2D eigenvalue weighted by Gasteiger charge is -2.41. The van der Waals surface area contributed by atoms with E-state index in [1.165, 1.54) is 25.3 Å². The fourth-order valence-electron chi connectivity index (χ4n) is 5.28. The number of thioether (sulfide) groups is 1. The average Bonchev–Trinajstić information content (AvgIpc) is 3.86. The molecule has 0 spiro atoms. The molecule has 1 aromatic carbocycles. The maximum atomic E-state index is 13.4. The molecule has 5 rings (SSSR count). The second-order valence-corrected chi connectivity index (χ2v) is 15.2. The van der Waals surface area contributed by atoms with Crippen LogP contribution in [0.4, 0.5) is 19.5 Å². The molecule has 3 atom stereocenters. The standard InChI is InChI=1S/C29H33ClN12O13S2/c1-28(2,22(48)49)55-39-15(12-9-56-24(31)34-12)19(46)35-16-20(47)40-10-29(23(50)51,57-21(16)40)41-7-8-42(27(41)54)38-26(53)37-36-25(52)33-6-5-32-18(45)11-3-4-13(43)17(44)14(11)30/h3-4,9,16,21,43-44H,5-8,10H2,1-2H3,(H2,31,34)(H,32,45)(H,35,46)(H,48,49)(H,50,51)(H2,33,36,52)(H2,37,38,53)/b39-15-/t16?,21-,29-/m1/s1. The van der Waals surface area contributed by atoms with Gasteiger partial charge < -0.3 is 51.8 Å². The molecule has 9 amide bonds. The smallest absolute Gasteiger partial charge is 0.352 e. The molecule has 1 unspecified atom stereocenters. The van der Waals surface area contributed by atoms with Crippen LogP contribution < -0.4 is 38.0 Å². The first-order valence-corrected chi connectivity index (χ1v) is 18.3. The first kappa shape index (κ1) is 41.7. The molecule has 57 heavy (non-hydrogen) atoms. The third-order valence-electron chi connectivity index (χ3n) is 8.33. The number of thiazole rings is 1. The van der Waals surface area contributed by atoms with E-state index in [1.807, 2.05) is 10.9 Å². The number of phenols is 2. The van der Waals surface area contributed by atoms with Gasteiger partial charge in [-0.1, -0.05) is 28.5 Å². The van der Waals surface area contributed by atoms with E-state index in [2.05, 4.69) is 31.5 Å². The lowest BCUT2D eigenvalue weighted by atomic mass is 10.1. The number of phenolic OH excluding ortho intramolecular Hbond substituents is 2. The van der Waals surface area contributed by atoms with E-state index in [-0.39, 0.29) is 47.6 Å². The molecule has 28 heteroatoms. The van der Waals surface area contributed by atoms with Crippen molar-refractivity contribution in [2.45, 2.75) is 35.7 Å². The summed E-state index contributed by atoms with van der Waals surface area (Å²) in [4.78, 5) is 110. The van der Waals surface area contributed by atoms with Crippen molar-refractivity contribution in [1.82, 2.24) is 52.0 Å². The molecule has 306 valence electrons. The summed E-state index contributed by atoms with van der Waals surface area (Å²) < 4.78 is 0. The van der Waals surface area contributed by atoms with Gasteiger partial charge in [-0.15, -0.1) is 11.3 Å². The Morgan fingerprint density at radius 1 is 1.07 bits per heavy atom. The maximum absolute atomic E-state index is 13.4. The van der Waals surface area contributed by atoms with Crippen molar-refractivity contribution < 1.29 is 63.6 Å². The van der Waals surface area contributed by atoms with Crippen molar-refractivity contribution in [3.05, 3.63) is 33.8 Å². The van der Waals surface area contributed by atoms with Crippen LogP contribution in [0.2, 0.25) is 5.02 Å². The van der Waals surface area contributed by atoms with Crippen LogP contribution in [0.15, 0.2) is 22.7 Å². The highest BCUT2D eigenvalue weighted by Crippen LogP contribution is 2.49. The van der Waals surface area contributed by atoms with E-state index in [0.29, 0.717) is 11.8 Å². The summed E-state index contributed by atoms with van der Waals surface area (Å²) in [6.07, 6.45) is 0. The molecule has 3 aliphatic rings. The molecule has 0 radical (unpaired) electrons. The van der Waals surface area contributed by atoms with E-state index < -0.39 is 93.4 Å². The van der Waals surface area contributed by atoms with Gasteiger partial charge in [0.2, 0.25) is 16.4 Å². The van der Waals surface area contributed by atoms with Crippen molar-refractivity contribution in [2.75, 3.05) is 38.5 Å². The Balaban J connectivity index is 1.12. The van der Waals surface area contributed by atoms with Gasteiger partial charge in [0.05, 0.1) is 23.7 Å². The van der Waals surface area contributed by atoms with Gasteiger partial charge in [-0.3, -0.25) is 19.3 Å². The lowest BCUT2D eigenvalue weighted by molar-refractivity contribution is -0.161. The summed E-state index contributed by atoms with van der Waals surface area (Å²) in [6.45, 7) is 1.18. The van der Waals surface area contributed by atoms with Gasteiger partial charge in [0, 0.05) is 25.0 Å². The summed E-state index contributed by atoms with van der Waals surface area (Å²) >= 11 is 7.48. The number of β-lactam (4-membered cyclic amide) rings is 1. The molecule has 3 saturated heterocycles. The van der Waals surface area contributed by atoms with Crippen molar-refractivity contribution in [1.29, 1.82) is 0 Å². The first-order chi connectivity index (χ1) is 26.8. The van der Waals surface area contributed by atoms with Crippen LogP contribution in [0.5, 0.6) is 11.5 Å². The molecule has 1 aromatic heterocycles. The van der Waals surface area contributed by atoms with Crippen molar-refractivity contribution in [3.8, 4) is 11.5 Å². The summed E-state index contributed by atoms with van der Waals surface area (Å²) in [7, 11) is 0. The minimum atomic E-state index is -2.06. The Morgan fingerprint density at radius 3 is 2.40 bits per heavy atom. The minimum absolute atomic E-state index is 0.0444. The number of urea groups is 3. The summed E-state index contributed by atoms with van der Waals surface area (Å²) in [5.41, 5.74) is 9.25. The van der Waals surface area contributed by atoms with Crippen LogP contribution in [0.1, 0.15) is 29.9 Å². The Morgan fingerprint density at radius 2 is 1.75 bits per heavy atom. The highest BCUT2D eigenvalue weighted by atomic mass is 35.5. The molecule has 12 N–H and O–H groups in total. The zero-order chi connectivity index (χ0) is 42.0. The number of rotatable bonds is 13. The van der Waals surface area contributed by atoms with Crippen LogP contribution in [-0.2, 0) is 24.0 Å². The number of hydrogen-bond donors (Lipinski definition) is 11. The number of nitrogens with zero attached hydrogens (tertiary/aromatic N) is 5. The number of aromatic hydroxyl groups is 2. The molecule has 0 bridgehead atoms. The molecule has 3 aliphatic heterocycles. The maximum Gasteiger partial charge on any atom is 0.352 e. The van der Waals surface area contributed by atoms with Crippen molar-refractivity contribution in [3.63, 3.8) is 0 Å². The predicted octanol–water partition coefficient (Wildman–Crippen LogP) is -1.85. The Labute approximate surface area is 332 Å². The summed E-state index contributed by atoms with van der Waals surface area (Å²) in [5, 5.41) is 50.5. The van der Waals surface area contributed by atoms with Gasteiger partial charge in [-0.05, 0) is 26.0 Å². The number of nitrogen functional groups attached to an aromatic ring is 1. The molecule has 2 aromatic rings. The van der Waals surface area contributed by atoms with Gasteiger partial charge in [0.25, 0.3) is 11.8 Å². The van der Waals surface area contributed by atoms with Crippen LogP contribution in [0.3, 0.4) is 0 Å². The van der Waals surface area contributed by atoms with Gasteiger partial charge in [0.1, 0.15) is 17.1 Å². The number of nitrogens with two attached hydrogens (primary N) is 1. The summed E-state index contributed by atoms with van der Waals surface area (Å²) in [5.74, 6) is -6.52. The topological polar surface area (TPSA) is 360 Å². The van der Waals surface area contributed by atoms with Crippen LogP contribution in [0, 0.1) is 0 Å². The number of carbonyl (C=O) groups is 8. The van der Waals surface area contributed by atoms with E-state index in [9.17, 15) is 58.8 Å². The number of oxime groups is 1. The number of halogens is 1. The minimum Gasteiger partial charge on any atom is -0.504 e. The number of fused-ring (bicyclic) bond motifs is 1. The largest absolute Gasteiger partial charge is 0.504 e. The fourth-order valence-corrected chi connectivity index (χ4v) is 7.71. The third kappa shape index (κ3) is 8.53. The van der Waals surface area contributed by atoms with Gasteiger partial charge in [-0.25, -0.2) is 50.2 Å². The van der Waals surface area contributed by atoms with Gasteiger partial charge in [0.15, 0.2) is 22.3 Å². The fraction of sp³-hybridized carbons (Fsp3) is 0.379. The molecule has 0 aliphatic carbocycles. The molecule has 0 saturated carbocycles. The van der Waals surface area contributed by atoms with E-state index in [1.54, 1.807) is 0 Å². The molecular formula is C29H33ClN12O13S2. The third-order valence-corrected chi connectivity index (χ3v) is 11.1. The zero-order valence-electron chi connectivity index (χ0n) is 29.4. The van der Waals surface area contributed by atoms with E-state index in [0.717, 1.165) is 32.2 Å². The molecular weight excluding hydrogens is 824 g/mol. The summed E-state index contributed by atoms with van der Waals surface area (Å²) in [6, 6.07) is -2.06. The molecule has 3 fully saturated rings. The van der Waals surface area contributed by atoms with E-state index >= 15 is 0 Å². The van der Waals surface area contributed by atoms with Crippen LogP contribution in [0.25, 0.3) is 0 Å². The average molecular weight is 857 g/mol. The van der Waals surface area contributed by atoms with Crippen molar-refractivity contribution in [2.24, 2.45) is 5.16 Å². The van der Waals surface area contributed by atoms with E-state index in [4.69, 9.17) is 22.2 Å². The lowest BCUT2D eigenvalue weighted by Crippen LogP contribution is -2.68. The number of hydrogen-bond acceptors (Lipinski definition) is 16. The second kappa shape index (κ2) is 16.3. The number of nitrogens with one attached hydrogen (secondary N) is 6. The Hall–Kier alpha value is -6.48. The van der Waals surface area contributed by atoms with Crippen LogP contribution in [-0.4, -0.2) is 148 Å². The Kier molecular flexibility index (Phi) is 11.9. The normalized spacial score (nSPS) is 20.3. The number of carbonyl (C=O) groups excluding carboxylic acids is 6. The van der Waals surface area contributed by atoms with Gasteiger partial charge in [-0.2, -0.15) is 0 Å². The number of carboxylic acids is 2. The van der Waals surface area contributed by atoms with Crippen LogP contribution >= 0.6 is 34.7 Å². The molecule has 4 heterocycles. The number of benzene rings is 1. The van der Waals surface area contributed by atoms with Gasteiger partial charge >= 0.3 is 30.0 Å². The number of anilines is 1. The quantitative estimate of drug-likeness (QED) is 0.0346. The second-order valence-electron chi connectivity index (χ2n) is 12.5. The predicted molar refractivity (Wildman–Crippen MR) is 195 cm³/mol.